The fourth-order valence-electron chi connectivity index (χ4n) is 20.5. The first kappa shape index (κ1) is 60.7. The van der Waals surface area contributed by atoms with Gasteiger partial charge in [0.15, 0.2) is 0 Å². The van der Waals surface area contributed by atoms with Crippen LogP contribution in [0, 0.1) is 59.2 Å². The second-order valence-corrected chi connectivity index (χ2v) is 33.6. The summed E-state index contributed by atoms with van der Waals surface area (Å²) < 4.78 is 4.34. The number of aryl methyl sites for hydroxylation is 3. The first-order valence-electron chi connectivity index (χ1n) is 36.1. The molecule has 6 heteroatoms. The summed E-state index contributed by atoms with van der Waals surface area (Å²) in [6, 6.07) is 50.3. The fraction of sp³-hybridized carbons (Fsp3) is 0.442. The Balaban J connectivity index is 0.000000110. The Hall–Kier alpha value is -6.18. The van der Waals surface area contributed by atoms with Crippen molar-refractivity contribution < 1.29 is 0 Å². The van der Waals surface area contributed by atoms with Gasteiger partial charge in [0.2, 0.25) is 0 Å². The molecule has 18 unspecified atom stereocenters. The van der Waals surface area contributed by atoms with Crippen molar-refractivity contribution in [2.24, 2.45) is 59.2 Å². The van der Waals surface area contributed by atoms with Crippen LogP contribution in [-0.4, -0.2) is 18.1 Å². The average molecular weight is 1270 g/mol. The highest BCUT2D eigenvalue weighted by atomic mass is 32.1. The summed E-state index contributed by atoms with van der Waals surface area (Å²) in [5.41, 5.74) is 18.6. The van der Waals surface area contributed by atoms with Gasteiger partial charge in [0.05, 0.1) is 0 Å². The second kappa shape index (κ2) is 24.5. The summed E-state index contributed by atoms with van der Waals surface area (Å²) in [7, 11) is 0. The number of rotatable bonds is 7. The van der Waals surface area contributed by atoms with Crippen molar-refractivity contribution in [3.05, 3.63) is 210 Å². The lowest BCUT2D eigenvalue weighted by molar-refractivity contribution is 0.402. The zero-order chi connectivity index (χ0) is 62.8. The van der Waals surface area contributed by atoms with Crippen molar-refractivity contribution in [3.8, 4) is 0 Å². The molecule has 9 aromatic rings. The van der Waals surface area contributed by atoms with E-state index in [2.05, 4.69) is 249 Å². The van der Waals surface area contributed by atoms with Gasteiger partial charge in [0.25, 0.3) is 0 Å². The minimum absolute atomic E-state index is 0.580. The van der Waals surface area contributed by atoms with E-state index >= 15 is 0 Å². The summed E-state index contributed by atoms with van der Waals surface area (Å²) in [6.07, 6.45) is 26.2. The maximum Gasteiger partial charge on any atom is 0.0410 e. The van der Waals surface area contributed by atoms with Crippen LogP contribution >= 0.6 is 34.0 Å². The van der Waals surface area contributed by atoms with Crippen LogP contribution < -0.4 is 16.0 Å². The second-order valence-electron chi connectivity index (χ2n) is 30.4. The number of fused-ring (bicyclic) bond motifs is 18. The summed E-state index contributed by atoms with van der Waals surface area (Å²) in [5, 5.41) is 16.4. The molecule has 6 heterocycles. The number of benzene rings is 6. The fourth-order valence-corrected chi connectivity index (χ4v) is 24.1. The molecule has 6 aromatic carbocycles. The quantitative estimate of drug-likeness (QED) is 0.149. The third kappa shape index (κ3) is 10.00. The molecule has 0 amide bonds. The van der Waals surface area contributed by atoms with Crippen LogP contribution in [0.15, 0.2) is 146 Å². The molecule has 18 rings (SSSR count). The van der Waals surface area contributed by atoms with E-state index in [1.807, 2.05) is 34.0 Å². The van der Waals surface area contributed by atoms with Crippen molar-refractivity contribution in [3.63, 3.8) is 0 Å². The monoisotopic (exact) mass is 1270 g/mol. The summed E-state index contributed by atoms with van der Waals surface area (Å²) >= 11 is 5.93. The SMILES string of the molecule is CC(C)C1CCc2cccc(C3C(C)C(C)C4c5c(sc6ccccc56)C=CC34)c2N1.CCC1CCc2cccc(C3C(C)C(C)C4c5c(sc6ccccc56)C=CC34)c2N1.CCCC1CCc2cccc(C3C(C)C(C)C4c5c(sc6ccccc56)C=CC34)c2N1. The molecule has 3 aliphatic heterocycles. The molecule has 0 radical (unpaired) electrons. The van der Waals surface area contributed by atoms with Crippen LogP contribution in [0.3, 0.4) is 0 Å². The minimum Gasteiger partial charge on any atom is -0.382 e. The third-order valence-corrected chi connectivity index (χ3v) is 29.1. The topological polar surface area (TPSA) is 36.1 Å². The number of allylic oxidation sites excluding steroid dienone is 3. The standard InChI is InChI=1S/2C29H33NS.C28H31NS/c1-16(2)23-14-12-19-8-7-10-22(29(19)30-23)26-17(3)18(4)27-21(26)13-15-25-28(27)20-9-5-6-11-24(20)31-25;1-4-8-20-14-13-19-9-7-11-23(29(19)30-20)26-17(2)18(3)27-22(26)15-16-25-28(27)21-10-5-6-12-24(21)31-25;1-4-19-13-12-18-8-7-10-22(28(18)29-19)25-16(2)17(3)26-21(25)14-15-24-27(26)20-9-5-6-11-23(20)30-24/h5-11,13,15-18,21,23,26-27,30H,12,14H2,1-4H3;5-7,9-12,15-18,20,22,26-27,30H,4,8,13-14H2,1-3H3;5-11,14-17,19,21,25-26,29H,4,12-13H2,1-3H3. The van der Waals surface area contributed by atoms with Crippen LogP contribution in [-0.2, 0) is 19.3 Å². The van der Waals surface area contributed by atoms with Gasteiger partial charge in [0, 0.05) is 63.9 Å². The van der Waals surface area contributed by atoms with E-state index in [0.29, 0.717) is 113 Å². The Labute approximate surface area is 561 Å². The maximum absolute atomic E-state index is 4.00. The zero-order valence-corrected chi connectivity index (χ0v) is 58.6. The molecule has 3 N–H and O–H groups in total. The average Bonchev–Trinajstić information content (AvgIpc) is 1.58. The van der Waals surface area contributed by atoms with Crippen LogP contribution in [0.25, 0.3) is 48.5 Å². The van der Waals surface area contributed by atoms with E-state index in [4.69, 9.17) is 0 Å². The number of hydrogen-bond donors (Lipinski definition) is 3. The molecule has 0 spiro atoms. The third-order valence-electron chi connectivity index (χ3n) is 25.6. The summed E-state index contributed by atoms with van der Waals surface area (Å²) in [6.45, 7) is 24.4. The molecule has 0 saturated heterocycles. The molecule has 3 nitrogen and oxygen atoms in total. The molecular weight excluding hydrogens is 1170 g/mol. The zero-order valence-electron chi connectivity index (χ0n) is 56.1. The van der Waals surface area contributed by atoms with Crippen LogP contribution in [0.5, 0.6) is 0 Å². The number of para-hydroxylation sites is 3. The summed E-state index contributed by atoms with van der Waals surface area (Å²) in [4.78, 5) is 4.49. The number of thiophene rings is 3. The molecule has 18 atom stereocenters. The van der Waals surface area contributed by atoms with Gasteiger partial charge >= 0.3 is 0 Å². The van der Waals surface area contributed by atoms with Gasteiger partial charge in [0.1, 0.15) is 0 Å². The van der Waals surface area contributed by atoms with Gasteiger partial charge in [-0.3, -0.25) is 0 Å². The highest BCUT2D eigenvalue weighted by Crippen LogP contribution is 2.65. The molecule has 0 bridgehead atoms. The largest absolute Gasteiger partial charge is 0.382 e. The Morgan fingerprint density at radius 1 is 0.391 bits per heavy atom. The number of anilines is 3. The predicted octanol–water partition coefficient (Wildman–Crippen LogP) is 24.1. The van der Waals surface area contributed by atoms with E-state index < -0.39 is 0 Å². The maximum atomic E-state index is 4.00. The lowest BCUT2D eigenvalue weighted by atomic mass is 9.75. The van der Waals surface area contributed by atoms with Crippen LogP contribution in [0.4, 0.5) is 17.1 Å². The number of hydrogen-bond acceptors (Lipinski definition) is 6. The molecule has 474 valence electrons. The lowest BCUT2D eigenvalue weighted by Crippen LogP contribution is -2.31. The van der Waals surface area contributed by atoms with E-state index in [-0.39, 0.29) is 0 Å². The van der Waals surface area contributed by atoms with E-state index in [1.165, 1.54) is 136 Å². The van der Waals surface area contributed by atoms with Gasteiger partial charge in [-0.1, -0.05) is 203 Å². The van der Waals surface area contributed by atoms with E-state index in [9.17, 15) is 0 Å². The van der Waals surface area contributed by atoms with Gasteiger partial charge < -0.3 is 16.0 Å². The lowest BCUT2D eigenvalue weighted by Gasteiger charge is -2.35. The van der Waals surface area contributed by atoms with Crippen molar-refractivity contribution in [1.29, 1.82) is 0 Å². The molecule has 92 heavy (non-hydrogen) atoms. The Kier molecular flexibility index (Phi) is 16.2. The highest BCUT2D eigenvalue weighted by molar-refractivity contribution is 7.20. The van der Waals surface area contributed by atoms with Gasteiger partial charge in [-0.15, -0.1) is 34.0 Å². The molecule has 3 saturated carbocycles. The van der Waals surface area contributed by atoms with Crippen molar-refractivity contribution in [2.45, 2.75) is 181 Å². The number of nitrogens with one attached hydrogen (secondary N) is 3. The Bertz CT molecular complexity index is 4330. The predicted molar refractivity (Wildman–Crippen MR) is 401 cm³/mol. The van der Waals surface area contributed by atoms with Crippen molar-refractivity contribution in [1.82, 2.24) is 0 Å². The van der Waals surface area contributed by atoms with Crippen molar-refractivity contribution >= 4 is 99.6 Å². The molecule has 3 fully saturated rings. The van der Waals surface area contributed by atoms with Crippen LogP contribution in [0.1, 0.15) is 208 Å². The Morgan fingerprint density at radius 3 is 1.12 bits per heavy atom. The highest BCUT2D eigenvalue weighted by Gasteiger charge is 2.53. The Morgan fingerprint density at radius 2 is 0.739 bits per heavy atom. The van der Waals surface area contributed by atoms with Gasteiger partial charge in [-0.05, 0) is 249 Å². The van der Waals surface area contributed by atoms with E-state index in [0.717, 1.165) is 0 Å². The molecule has 6 aliphatic carbocycles. The first-order chi connectivity index (χ1) is 44.9. The van der Waals surface area contributed by atoms with E-state index in [1.54, 1.807) is 33.4 Å². The normalized spacial score (nSPS) is 31.5. The first-order valence-corrected chi connectivity index (χ1v) is 38.6. The van der Waals surface area contributed by atoms with Crippen molar-refractivity contribution in [2.75, 3.05) is 16.0 Å². The molecule has 3 aromatic heterocycles. The van der Waals surface area contributed by atoms with Gasteiger partial charge in [-0.25, -0.2) is 0 Å². The smallest absolute Gasteiger partial charge is 0.0410 e. The van der Waals surface area contributed by atoms with Gasteiger partial charge in [-0.2, -0.15) is 0 Å². The van der Waals surface area contributed by atoms with Crippen LogP contribution in [0.2, 0.25) is 0 Å². The minimum atomic E-state index is 0.580. The molecule has 9 aliphatic rings. The molecular formula is C86H97N3S3. The summed E-state index contributed by atoms with van der Waals surface area (Å²) in [5.74, 6) is 10.1.